The van der Waals surface area contributed by atoms with Crippen molar-refractivity contribution in [1.29, 1.82) is 0 Å². The average Bonchev–Trinajstić information content (AvgIpc) is 2.93. The Labute approximate surface area is 127 Å². The van der Waals surface area contributed by atoms with E-state index < -0.39 is 6.04 Å². The van der Waals surface area contributed by atoms with Crippen LogP contribution in [0.4, 0.5) is 0 Å². The van der Waals surface area contributed by atoms with Crippen LogP contribution in [0.1, 0.15) is 32.7 Å². The molecule has 2 rings (SSSR count). The molecule has 0 saturated carbocycles. The van der Waals surface area contributed by atoms with Crippen LogP contribution < -0.4 is 5.32 Å². The Kier molecular flexibility index (Phi) is 5.05. The number of carbonyl (C=O) groups is 2. The summed E-state index contributed by atoms with van der Waals surface area (Å²) in [5, 5.41) is 2.84. The van der Waals surface area contributed by atoms with Gasteiger partial charge >= 0.3 is 5.97 Å². The first-order valence-corrected chi connectivity index (χ1v) is 7.27. The summed E-state index contributed by atoms with van der Waals surface area (Å²) in [5.41, 5.74) is 0.320. The minimum absolute atomic E-state index is 0.0923. The van der Waals surface area contributed by atoms with Gasteiger partial charge in [-0.25, -0.2) is 0 Å². The molecule has 2 aromatic rings. The molecule has 6 heteroatoms. The van der Waals surface area contributed by atoms with Crippen LogP contribution in [0.5, 0.6) is 0 Å². The van der Waals surface area contributed by atoms with Crippen LogP contribution in [0.15, 0.2) is 36.5 Å². The Hall–Kier alpha value is -2.21. The van der Waals surface area contributed by atoms with E-state index in [-0.39, 0.29) is 18.3 Å². The summed E-state index contributed by atoms with van der Waals surface area (Å²) in [4.78, 5) is 29.8. The predicted molar refractivity (Wildman–Crippen MR) is 80.1 cm³/mol. The number of ether oxygens (including phenoxy) is 1. The van der Waals surface area contributed by atoms with Gasteiger partial charge in [-0.15, -0.1) is 11.3 Å². The molecule has 0 fully saturated rings. The molecule has 5 nitrogen and oxygen atoms in total. The highest BCUT2D eigenvalue weighted by Gasteiger charge is 2.21. The van der Waals surface area contributed by atoms with Crippen LogP contribution in [0, 0.1) is 6.92 Å². The molecule has 110 valence electrons. The summed E-state index contributed by atoms with van der Waals surface area (Å²) in [5.74, 6) is -0.678. The number of aryl methyl sites for hydroxylation is 1. The van der Waals surface area contributed by atoms with Crippen LogP contribution in [0.25, 0.3) is 0 Å². The Bertz CT molecular complexity index is 625. The van der Waals surface area contributed by atoms with Crippen LogP contribution in [0.2, 0.25) is 0 Å². The topological polar surface area (TPSA) is 68.3 Å². The highest BCUT2D eigenvalue weighted by atomic mass is 32.1. The van der Waals surface area contributed by atoms with Gasteiger partial charge in [-0.05, 0) is 31.2 Å². The van der Waals surface area contributed by atoms with Gasteiger partial charge in [-0.3, -0.25) is 14.6 Å². The van der Waals surface area contributed by atoms with Crippen molar-refractivity contribution in [3.8, 4) is 0 Å². The lowest BCUT2D eigenvalue weighted by molar-refractivity contribution is -0.141. The molecule has 2 aromatic heterocycles. The number of nitrogens with one attached hydrogen (secondary N) is 1. The van der Waals surface area contributed by atoms with Crippen molar-refractivity contribution < 1.29 is 14.3 Å². The number of rotatable bonds is 5. The highest BCUT2D eigenvalue weighted by Crippen LogP contribution is 2.25. The van der Waals surface area contributed by atoms with E-state index in [2.05, 4.69) is 10.3 Å². The normalized spacial score (nSPS) is 11.7. The van der Waals surface area contributed by atoms with E-state index in [1.807, 2.05) is 19.1 Å². The predicted octanol–water partition coefficient (Wildman–Crippen LogP) is 2.49. The van der Waals surface area contributed by atoms with E-state index in [0.29, 0.717) is 5.69 Å². The van der Waals surface area contributed by atoms with Crippen molar-refractivity contribution in [3.63, 3.8) is 0 Å². The lowest BCUT2D eigenvalue weighted by atomic mass is 10.1. The Balaban J connectivity index is 2.16. The van der Waals surface area contributed by atoms with Crippen molar-refractivity contribution in [2.45, 2.75) is 19.4 Å². The standard InChI is InChI=1S/C15H16N2O3S/c1-10-6-7-13(21-10)12(9-14(18)20-2)17-15(19)11-5-3-4-8-16-11/h3-8,12H,9H2,1-2H3,(H,17,19). The summed E-state index contributed by atoms with van der Waals surface area (Å²) in [7, 11) is 1.33. The zero-order valence-electron chi connectivity index (χ0n) is 11.8. The molecule has 0 aromatic carbocycles. The lowest BCUT2D eigenvalue weighted by Gasteiger charge is -2.16. The van der Waals surface area contributed by atoms with Crippen LogP contribution in [-0.2, 0) is 9.53 Å². The van der Waals surface area contributed by atoms with E-state index in [0.717, 1.165) is 9.75 Å². The molecular weight excluding hydrogens is 288 g/mol. The highest BCUT2D eigenvalue weighted by molar-refractivity contribution is 7.12. The van der Waals surface area contributed by atoms with Crippen LogP contribution >= 0.6 is 11.3 Å². The smallest absolute Gasteiger partial charge is 0.307 e. The number of nitrogens with zero attached hydrogens (tertiary/aromatic N) is 1. The molecule has 0 radical (unpaired) electrons. The zero-order chi connectivity index (χ0) is 15.2. The molecule has 2 heterocycles. The fourth-order valence-electron chi connectivity index (χ4n) is 1.84. The number of hydrogen-bond donors (Lipinski definition) is 1. The van der Waals surface area contributed by atoms with E-state index in [1.54, 1.807) is 35.7 Å². The van der Waals surface area contributed by atoms with E-state index in [9.17, 15) is 9.59 Å². The second kappa shape index (κ2) is 6.99. The molecule has 0 aliphatic carbocycles. The summed E-state index contributed by atoms with van der Waals surface area (Å²) < 4.78 is 4.70. The maximum Gasteiger partial charge on any atom is 0.307 e. The second-order valence-corrected chi connectivity index (χ2v) is 5.79. The van der Waals surface area contributed by atoms with Crippen molar-refractivity contribution in [1.82, 2.24) is 10.3 Å². The number of amides is 1. The molecule has 1 unspecified atom stereocenters. The Morgan fingerprint density at radius 1 is 1.33 bits per heavy atom. The maximum absolute atomic E-state index is 12.2. The van der Waals surface area contributed by atoms with Crippen LogP contribution in [0.3, 0.4) is 0 Å². The first-order valence-electron chi connectivity index (χ1n) is 6.45. The first kappa shape index (κ1) is 15.2. The quantitative estimate of drug-likeness (QED) is 0.862. The third-order valence-corrected chi connectivity index (χ3v) is 4.02. The third kappa shape index (κ3) is 4.13. The van der Waals surface area contributed by atoms with Gasteiger partial charge in [0.2, 0.25) is 0 Å². The van der Waals surface area contributed by atoms with E-state index in [1.165, 1.54) is 7.11 Å². The number of aromatic nitrogens is 1. The summed E-state index contributed by atoms with van der Waals surface area (Å²) in [6.45, 7) is 1.98. The second-order valence-electron chi connectivity index (χ2n) is 4.47. The summed E-state index contributed by atoms with van der Waals surface area (Å²) in [6.07, 6.45) is 1.65. The largest absolute Gasteiger partial charge is 0.469 e. The average molecular weight is 304 g/mol. The molecule has 0 aliphatic heterocycles. The van der Waals surface area contributed by atoms with Gasteiger partial charge in [0.25, 0.3) is 5.91 Å². The lowest BCUT2D eigenvalue weighted by Crippen LogP contribution is -2.30. The SMILES string of the molecule is COC(=O)CC(NC(=O)c1ccccn1)c1ccc(C)s1. The molecule has 0 spiro atoms. The number of carbonyl (C=O) groups excluding carboxylic acids is 2. The van der Waals surface area contributed by atoms with E-state index in [4.69, 9.17) is 4.74 Å². The number of hydrogen-bond acceptors (Lipinski definition) is 5. The van der Waals surface area contributed by atoms with Crippen LogP contribution in [-0.4, -0.2) is 24.0 Å². The van der Waals surface area contributed by atoms with E-state index >= 15 is 0 Å². The number of thiophene rings is 1. The minimum atomic E-state index is -0.411. The van der Waals surface area contributed by atoms with Gasteiger partial charge in [0.05, 0.1) is 19.6 Å². The molecule has 21 heavy (non-hydrogen) atoms. The molecule has 1 N–H and O–H groups in total. The van der Waals surface area contributed by atoms with Crippen molar-refractivity contribution in [2.75, 3.05) is 7.11 Å². The van der Waals surface area contributed by atoms with Crippen molar-refractivity contribution in [2.24, 2.45) is 0 Å². The maximum atomic E-state index is 12.2. The number of pyridine rings is 1. The number of methoxy groups -OCH3 is 1. The van der Waals surface area contributed by atoms with Gasteiger partial charge in [0.15, 0.2) is 0 Å². The third-order valence-electron chi connectivity index (χ3n) is 2.91. The van der Waals surface area contributed by atoms with Gasteiger partial charge in [0, 0.05) is 16.0 Å². The van der Waals surface area contributed by atoms with Crippen molar-refractivity contribution in [3.05, 3.63) is 52.0 Å². The minimum Gasteiger partial charge on any atom is -0.469 e. The Morgan fingerprint density at radius 2 is 2.14 bits per heavy atom. The molecule has 0 aliphatic rings. The van der Waals surface area contributed by atoms with Gasteiger partial charge < -0.3 is 10.1 Å². The Morgan fingerprint density at radius 3 is 2.71 bits per heavy atom. The molecule has 1 amide bonds. The fraction of sp³-hybridized carbons (Fsp3) is 0.267. The molecule has 0 saturated heterocycles. The summed E-state index contributed by atoms with van der Waals surface area (Å²) >= 11 is 1.54. The summed E-state index contributed by atoms with van der Waals surface area (Å²) in [6, 6.07) is 8.57. The van der Waals surface area contributed by atoms with Crippen molar-refractivity contribution >= 4 is 23.2 Å². The molecule has 1 atom stereocenters. The first-order chi connectivity index (χ1) is 10.1. The number of esters is 1. The van der Waals surface area contributed by atoms with Gasteiger partial charge in [-0.2, -0.15) is 0 Å². The fourth-order valence-corrected chi connectivity index (χ4v) is 2.77. The van der Waals surface area contributed by atoms with Gasteiger partial charge in [-0.1, -0.05) is 6.07 Å². The molecular formula is C15H16N2O3S. The monoisotopic (exact) mass is 304 g/mol. The van der Waals surface area contributed by atoms with Gasteiger partial charge in [0.1, 0.15) is 5.69 Å². The zero-order valence-corrected chi connectivity index (χ0v) is 12.6. The molecule has 0 bridgehead atoms.